The Morgan fingerprint density at radius 1 is 1.16 bits per heavy atom. The molecular weight excluding hydrogens is 331 g/mol. The minimum absolute atomic E-state index is 0.276. The van der Waals surface area contributed by atoms with Crippen LogP contribution in [0, 0.1) is 19.7 Å². The number of hydrogen-bond acceptors (Lipinski definition) is 1. The van der Waals surface area contributed by atoms with Crippen molar-refractivity contribution >= 4 is 27.5 Å². The van der Waals surface area contributed by atoms with E-state index in [0.717, 1.165) is 27.5 Å². The Bertz CT molecular complexity index is 590. The summed E-state index contributed by atoms with van der Waals surface area (Å²) in [6, 6.07) is 8.63. The standard InChI is InChI=1S/C15H13BrClFO/c1-9-5-12(6-10(2)15(9)17)19-8-11-3-4-14(18)13(16)7-11/h3-7H,8H2,1-2H3. The first-order chi connectivity index (χ1) is 8.97. The molecule has 2 rings (SSSR count). The van der Waals surface area contributed by atoms with E-state index in [4.69, 9.17) is 16.3 Å². The maximum atomic E-state index is 13.1. The Balaban J connectivity index is 2.12. The number of aryl methyl sites for hydroxylation is 2. The highest BCUT2D eigenvalue weighted by molar-refractivity contribution is 9.10. The zero-order valence-electron chi connectivity index (χ0n) is 10.6. The Kier molecular flexibility index (Phi) is 4.48. The lowest BCUT2D eigenvalue weighted by atomic mass is 10.1. The quantitative estimate of drug-likeness (QED) is 0.721. The maximum Gasteiger partial charge on any atom is 0.137 e. The molecule has 0 aliphatic rings. The molecule has 4 heteroatoms. The predicted molar refractivity (Wildman–Crippen MR) is 79.4 cm³/mol. The number of benzene rings is 2. The summed E-state index contributed by atoms with van der Waals surface area (Å²) in [7, 11) is 0. The molecule has 0 bridgehead atoms. The first kappa shape index (κ1) is 14.4. The lowest BCUT2D eigenvalue weighted by Gasteiger charge is -2.10. The summed E-state index contributed by atoms with van der Waals surface area (Å²) >= 11 is 9.26. The van der Waals surface area contributed by atoms with Crippen molar-refractivity contribution in [2.45, 2.75) is 20.5 Å². The number of halogens is 3. The summed E-state index contributed by atoms with van der Waals surface area (Å²) in [6.45, 7) is 4.27. The van der Waals surface area contributed by atoms with Crippen molar-refractivity contribution in [2.75, 3.05) is 0 Å². The average Bonchev–Trinajstić information content (AvgIpc) is 2.37. The van der Waals surface area contributed by atoms with Crippen molar-refractivity contribution in [2.24, 2.45) is 0 Å². The largest absolute Gasteiger partial charge is 0.489 e. The van der Waals surface area contributed by atoms with Crippen LogP contribution in [-0.4, -0.2) is 0 Å². The van der Waals surface area contributed by atoms with E-state index in [1.807, 2.05) is 26.0 Å². The highest BCUT2D eigenvalue weighted by Crippen LogP contribution is 2.26. The molecule has 2 aromatic rings. The van der Waals surface area contributed by atoms with Gasteiger partial charge < -0.3 is 4.74 Å². The van der Waals surface area contributed by atoms with Crippen LogP contribution in [0.5, 0.6) is 5.75 Å². The van der Waals surface area contributed by atoms with Gasteiger partial charge in [0.2, 0.25) is 0 Å². The highest BCUT2D eigenvalue weighted by Gasteiger charge is 2.05. The molecule has 0 saturated heterocycles. The topological polar surface area (TPSA) is 9.23 Å². The molecule has 0 heterocycles. The second kappa shape index (κ2) is 5.93. The SMILES string of the molecule is Cc1cc(OCc2ccc(F)c(Br)c2)cc(C)c1Cl. The molecule has 0 fully saturated rings. The molecule has 0 amide bonds. The van der Waals surface area contributed by atoms with Crippen LogP contribution in [0.1, 0.15) is 16.7 Å². The summed E-state index contributed by atoms with van der Waals surface area (Å²) < 4.78 is 19.3. The fourth-order valence-electron chi connectivity index (χ4n) is 1.79. The normalized spacial score (nSPS) is 10.6. The van der Waals surface area contributed by atoms with Crippen LogP contribution in [0.2, 0.25) is 5.02 Å². The molecule has 0 aliphatic heterocycles. The van der Waals surface area contributed by atoms with Gasteiger partial charge in [-0.15, -0.1) is 0 Å². The molecule has 100 valence electrons. The molecule has 0 unspecified atom stereocenters. The van der Waals surface area contributed by atoms with Gasteiger partial charge in [0, 0.05) is 5.02 Å². The van der Waals surface area contributed by atoms with Gasteiger partial charge in [-0.1, -0.05) is 17.7 Å². The van der Waals surface area contributed by atoms with Gasteiger partial charge in [-0.3, -0.25) is 0 Å². The molecular formula is C15H13BrClFO. The van der Waals surface area contributed by atoms with Gasteiger partial charge in [-0.2, -0.15) is 0 Å². The smallest absolute Gasteiger partial charge is 0.137 e. The van der Waals surface area contributed by atoms with Gasteiger partial charge in [0.1, 0.15) is 18.2 Å². The molecule has 19 heavy (non-hydrogen) atoms. The molecule has 0 saturated carbocycles. The van der Waals surface area contributed by atoms with Crippen LogP contribution in [0.3, 0.4) is 0 Å². The minimum Gasteiger partial charge on any atom is -0.489 e. The Morgan fingerprint density at radius 3 is 2.37 bits per heavy atom. The molecule has 0 aliphatic carbocycles. The second-order valence-corrected chi connectivity index (χ2v) is 5.64. The fraction of sp³-hybridized carbons (Fsp3) is 0.200. The van der Waals surface area contributed by atoms with E-state index in [0.29, 0.717) is 11.1 Å². The van der Waals surface area contributed by atoms with Crippen molar-refractivity contribution in [1.82, 2.24) is 0 Å². The van der Waals surface area contributed by atoms with Crippen molar-refractivity contribution in [3.05, 3.63) is 62.3 Å². The molecule has 0 spiro atoms. The van der Waals surface area contributed by atoms with E-state index in [-0.39, 0.29) is 5.82 Å². The van der Waals surface area contributed by atoms with Crippen LogP contribution in [0.4, 0.5) is 4.39 Å². The molecule has 1 nitrogen and oxygen atoms in total. The van der Waals surface area contributed by atoms with E-state index in [1.165, 1.54) is 6.07 Å². The number of ether oxygens (including phenoxy) is 1. The maximum absolute atomic E-state index is 13.1. The lowest BCUT2D eigenvalue weighted by Crippen LogP contribution is -1.97. The van der Waals surface area contributed by atoms with E-state index in [2.05, 4.69) is 15.9 Å². The predicted octanol–water partition coefficient (Wildman–Crippen LogP) is 5.44. The van der Waals surface area contributed by atoms with Crippen molar-refractivity contribution in [3.8, 4) is 5.75 Å². The van der Waals surface area contributed by atoms with Gasteiger partial charge in [-0.25, -0.2) is 4.39 Å². The van der Waals surface area contributed by atoms with Crippen LogP contribution >= 0.6 is 27.5 Å². The third-order valence-corrected chi connectivity index (χ3v) is 4.00. The third kappa shape index (κ3) is 3.48. The van der Waals surface area contributed by atoms with Crippen LogP contribution in [0.25, 0.3) is 0 Å². The highest BCUT2D eigenvalue weighted by atomic mass is 79.9. The second-order valence-electron chi connectivity index (χ2n) is 4.41. The molecule has 2 aromatic carbocycles. The van der Waals surface area contributed by atoms with Gasteiger partial charge in [-0.05, 0) is 70.7 Å². The minimum atomic E-state index is -0.276. The molecule has 0 atom stereocenters. The monoisotopic (exact) mass is 342 g/mol. The summed E-state index contributed by atoms with van der Waals surface area (Å²) in [5.41, 5.74) is 2.87. The molecule has 0 N–H and O–H groups in total. The zero-order chi connectivity index (χ0) is 14.0. The Labute approximate surface area is 125 Å². The van der Waals surface area contributed by atoms with Crippen molar-refractivity contribution in [1.29, 1.82) is 0 Å². The van der Waals surface area contributed by atoms with Crippen LogP contribution in [-0.2, 0) is 6.61 Å². The summed E-state index contributed by atoms with van der Waals surface area (Å²) in [6.07, 6.45) is 0. The van der Waals surface area contributed by atoms with Gasteiger partial charge in [0.25, 0.3) is 0 Å². The lowest BCUT2D eigenvalue weighted by molar-refractivity contribution is 0.305. The van der Waals surface area contributed by atoms with E-state index < -0.39 is 0 Å². The van der Waals surface area contributed by atoms with Gasteiger partial charge >= 0.3 is 0 Å². The Hall–Kier alpha value is -1.06. The number of rotatable bonds is 3. The first-order valence-electron chi connectivity index (χ1n) is 5.81. The number of hydrogen-bond donors (Lipinski definition) is 0. The molecule has 0 radical (unpaired) electrons. The molecule has 0 aromatic heterocycles. The van der Waals surface area contributed by atoms with E-state index in [9.17, 15) is 4.39 Å². The van der Waals surface area contributed by atoms with Crippen molar-refractivity contribution < 1.29 is 9.13 Å². The van der Waals surface area contributed by atoms with Gasteiger partial charge in [0.15, 0.2) is 0 Å². The summed E-state index contributed by atoms with van der Waals surface area (Å²) in [5.74, 6) is 0.488. The third-order valence-electron chi connectivity index (χ3n) is 2.80. The summed E-state index contributed by atoms with van der Waals surface area (Å²) in [4.78, 5) is 0. The van der Waals surface area contributed by atoms with Crippen LogP contribution in [0.15, 0.2) is 34.8 Å². The first-order valence-corrected chi connectivity index (χ1v) is 6.98. The Morgan fingerprint density at radius 2 is 1.79 bits per heavy atom. The van der Waals surface area contributed by atoms with Gasteiger partial charge in [0.05, 0.1) is 4.47 Å². The summed E-state index contributed by atoms with van der Waals surface area (Å²) in [5, 5.41) is 0.761. The van der Waals surface area contributed by atoms with E-state index >= 15 is 0 Å². The van der Waals surface area contributed by atoms with E-state index in [1.54, 1.807) is 12.1 Å². The van der Waals surface area contributed by atoms with Crippen LogP contribution < -0.4 is 4.74 Å². The fourth-order valence-corrected chi connectivity index (χ4v) is 2.32. The zero-order valence-corrected chi connectivity index (χ0v) is 13.0. The van der Waals surface area contributed by atoms with Crippen molar-refractivity contribution in [3.63, 3.8) is 0 Å². The average molecular weight is 344 g/mol.